The highest BCUT2D eigenvalue weighted by Crippen LogP contribution is 2.28. The first kappa shape index (κ1) is 15.6. The third kappa shape index (κ3) is 3.08. The van der Waals surface area contributed by atoms with Crippen LogP contribution in [0.1, 0.15) is 19.0 Å². The Balaban J connectivity index is 1.94. The Morgan fingerprint density at radius 3 is 2.96 bits per heavy atom. The molecule has 3 heterocycles. The van der Waals surface area contributed by atoms with Crippen molar-refractivity contribution in [3.63, 3.8) is 0 Å². The molecule has 1 aliphatic rings. The molecule has 1 amide bonds. The van der Waals surface area contributed by atoms with Gasteiger partial charge in [0.15, 0.2) is 22.1 Å². The molecule has 10 heteroatoms. The van der Waals surface area contributed by atoms with Gasteiger partial charge in [0.05, 0.1) is 18.5 Å². The first-order chi connectivity index (χ1) is 11.0. The lowest BCUT2D eigenvalue weighted by molar-refractivity contribution is -0.117. The Labute approximate surface area is 135 Å². The van der Waals surface area contributed by atoms with Crippen LogP contribution in [0.25, 0.3) is 11.2 Å². The molecule has 1 saturated heterocycles. The molecule has 9 nitrogen and oxygen atoms in total. The highest BCUT2D eigenvalue weighted by molar-refractivity contribution is 8.14. The Morgan fingerprint density at radius 1 is 1.48 bits per heavy atom. The van der Waals surface area contributed by atoms with E-state index in [-0.39, 0.29) is 52.2 Å². The second kappa shape index (κ2) is 6.05. The minimum atomic E-state index is -0.265. The van der Waals surface area contributed by atoms with E-state index in [1.807, 2.05) is 0 Å². The van der Waals surface area contributed by atoms with E-state index in [0.29, 0.717) is 12.2 Å². The van der Waals surface area contributed by atoms with E-state index in [2.05, 4.69) is 19.9 Å². The number of aliphatic hydroxyl groups excluding tert-OH is 1. The maximum Gasteiger partial charge on any atom is 0.236 e. The van der Waals surface area contributed by atoms with Gasteiger partial charge in [-0.15, -0.1) is 0 Å². The number of hydrogen-bond acceptors (Lipinski definition) is 9. The van der Waals surface area contributed by atoms with Crippen molar-refractivity contribution in [2.45, 2.75) is 25.2 Å². The summed E-state index contributed by atoms with van der Waals surface area (Å²) < 4.78 is 0. The van der Waals surface area contributed by atoms with Crippen LogP contribution in [-0.4, -0.2) is 47.9 Å². The van der Waals surface area contributed by atoms with E-state index in [1.165, 1.54) is 18.0 Å². The molecule has 1 fully saturated rings. The number of rotatable bonds is 3. The molecule has 1 atom stereocenters. The van der Waals surface area contributed by atoms with Crippen molar-refractivity contribution in [2.24, 2.45) is 0 Å². The van der Waals surface area contributed by atoms with Crippen LogP contribution in [0, 0.1) is 0 Å². The third-order valence-electron chi connectivity index (χ3n) is 3.30. The number of carbonyl (C=O) groups excluding carboxylic acids is 2. The van der Waals surface area contributed by atoms with Crippen LogP contribution < -0.4 is 10.6 Å². The number of hydrogen-bond donors (Lipinski definition) is 2. The first-order valence-corrected chi connectivity index (χ1v) is 7.73. The smallest absolute Gasteiger partial charge is 0.236 e. The first-order valence-electron chi connectivity index (χ1n) is 6.85. The van der Waals surface area contributed by atoms with Crippen molar-refractivity contribution in [3.05, 3.63) is 11.9 Å². The van der Waals surface area contributed by atoms with Gasteiger partial charge >= 0.3 is 0 Å². The van der Waals surface area contributed by atoms with E-state index >= 15 is 0 Å². The molecular formula is C13H14N6O3S. The summed E-state index contributed by atoms with van der Waals surface area (Å²) in [4.78, 5) is 41.3. The summed E-state index contributed by atoms with van der Waals surface area (Å²) in [5, 5.41) is 8.93. The Bertz CT molecular complexity index is 799. The SMILES string of the molecule is CC(=O)SC1CC(=O)N(c2nc(N)c3nc(CO)cnc3n2)C1. The molecular weight excluding hydrogens is 320 g/mol. The number of thioether (sulfide) groups is 1. The van der Waals surface area contributed by atoms with Gasteiger partial charge in [0.1, 0.15) is 0 Å². The predicted octanol–water partition coefficient (Wildman–Crippen LogP) is -0.121. The van der Waals surface area contributed by atoms with Crippen molar-refractivity contribution in [1.82, 2.24) is 19.9 Å². The highest BCUT2D eigenvalue weighted by Gasteiger charge is 2.34. The average Bonchev–Trinajstić information content (AvgIpc) is 2.86. The van der Waals surface area contributed by atoms with Crippen LogP contribution in [0.2, 0.25) is 0 Å². The minimum absolute atomic E-state index is 0.0361. The van der Waals surface area contributed by atoms with Crippen LogP contribution in [0.5, 0.6) is 0 Å². The normalized spacial score (nSPS) is 17.9. The molecule has 1 aliphatic heterocycles. The van der Waals surface area contributed by atoms with Crippen LogP contribution in [0.3, 0.4) is 0 Å². The van der Waals surface area contributed by atoms with Crippen molar-refractivity contribution < 1.29 is 14.7 Å². The maximum atomic E-state index is 12.1. The molecule has 2 aromatic heterocycles. The maximum absolute atomic E-state index is 12.1. The second-order valence-electron chi connectivity index (χ2n) is 5.04. The Kier molecular flexibility index (Phi) is 4.09. The molecule has 0 bridgehead atoms. The lowest BCUT2D eigenvalue weighted by Gasteiger charge is -2.15. The zero-order valence-corrected chi connectivity index (χ0v) is 13.1. The average molecular weight is 334 g/mol. The third-order valence-corrected chi connectivity index (χ3v) is 4.28. The van der Waals surface area contributed by atoms with Crippen molar-refractivity contribution in [1.29, 1.82) is 0 Å². The van der Waals surface area contributed by atoms with Crippen molar-refractivity contribution in [2.75, 3.05) is 17.2 Å². The summed E-state index contributed by atoms with van der Waals surface area (Å²) in [7, 11) is 0. The number of aromatic nitrogens is 4. The fourth-order valence-corrected chi connectivity index (χ4v) is 3.25. The summed E-state index contributed by atoms with van der Waals surface area (Å²) in [5.74, 6) is 0.0726. The Hall–Kier alpha value is -2.33. The number of nitrogen functional groups attached to an aromatic ring is 1. The molecule has 120 valence electrons. The number of anilines is 2. The summed E-state index contributed by atoms with van der Waals surface area (Å²) in [6.07, 6.45) is 1.64. The Morgan fingerprint density at radius 2 is 2.26 bits per heavy atom. The standard InChI is InChI=1S/C13H14N6O3S/c1-6(21)23-8-2-9(22)19(4-8)13-17-11(14)10-12(18-13)15-3-7(5-20)16-10/h3,8,20H,2,4-5H2,1H3,(H2,14,15,17,18). The fraction of sp³-hybridized carbons (Fsp3) is 0.385. The van der Waals surface area contributed by atoms with Gasteiger partial charge in [0.2, 0.25) is 11.9 Å². The highest BCUT2D eigenvalue weighted by atomic mass is 32.2. The van der Waals surface area contributed by atoms with Gasteiger partial charge in [-0.05, 0) is 0 Å². The summed E-state index contributed by atoms with van der Waals surface area (Å²) >= 11 is 1.13. The zero-order valence-electron chi connectivity index (χ0n) is 12.3. The fourth-order valence-electron chi connectivity index (χ4n) is 2.33. The van der Waals surface area contributed by atoms with Gasteiger partial charge in [-0.3, -0.25) is 14.5 Å². The number of nitrogens with two attached hydrogens (primary N) is 1. The van der Waals surface area contributed by atoms with E-state index in [9.17, 15) is 9.59 Å². The lowest BCUT2D eigenvalue weighted by Crippen LogP contribution is -2.27. The number of aliphatic hydroxyl groups is 1. The van der Waals surface area contributed by atoms with Crippen LogP contribution >= 0.6 is 11.8 Å². The molecule has 0 saturated carbocycles. The molecule has 0 aromatic carbocycles. The van der Waals surface area contributed by atoms with Gasteiger partial charge in [-0.1, -0.05) is 11.8 Å². The molecule has 23 heavy (non-hydrogen) atoms. The van der Waals surface area contributed by atoms with E-state index in [1.54, 1.807) is 0 Å². The van der Waals surface area contributed by atoms with E-state index in [0.717, 1.165) is 11.8 Å². The number of nitrogens with zero attached hydrogens (tertiary/aromatic N) is 5. The predicted molar refractivity (Wildman–Crippen MR) is 84.5 cm³/mol. The number of fused-ring (bicyclic) bond motifs is 1. The molecule has 3 rings (SSSR count). The van der Waals surface area contributed by atoms with E-state index < -0.39 is 0 Å². The van der Waals surface area contributed by atoms with Crippen LogP contribution in [0.15, 0.2) is 6.20 Å². The molecule has 1 unspecified atom stereocenters. The molecule has 0 spiro atoms. The van der Waals surface area contributed by atoms with Crippen molar-refractivity contribution in [3.8, 4) is 0 Å². The monoisotopic (exact) mass is 334 g/mol. The quantitative estimate of drug-likeness (QED) is 0.787. The van der Waals surface area contributed by atoms with Gasteiger partial charge in [-0.2, -0.15) is 9.97 Å². The van der Waals surface area contributed by atoms with Gasteiger partial charge in [0, 0.05) is 25.1 Å². The summed E-state index contributed by atoms with van der Waals surface area (Å²) in [6, 6.07) is 0. The zero-order chi connectivity index (χ0) is 16.6. The van der Waals surface area contributed by atoms with Crippen molar-refractivity contribution >= 4 is 45.7 Å². The molecule has 0 aliphatic carbocycles. The number of carbonyl (C=O) groups is 2. The molecule has 3 N–H and O–H groups in total. The summed E-state index contributed by atoms with van der Waals surface area (Å²) in [5.41, 5.74) is 6.76. The topological polar surface area (TPSA) is 135 Å². The largest absolute Gasteiger partial charge is 0.390 e. The number of amides is 1. The van der Waals surface area contributed by atoms with Gasteiger partial charge < -0.3 is 10.8 Å². The molecule has 2 aromatic rings. The lowest BCUT2D eigenvalue weighted by atomic mass is 10.4. The van der Waals surface area contributed by atoms with E-state index in [4.69, 9.17) is 10.8 Å². The molecule has 0 radical (unpaired) electrons. The second-order valence-corrected chi connectivity index (χ2v) is 6.52. The van der Waals surface area contributed by atoms with Gasteiger partial charge in [-0.25, -0.2) is 9.97 Å². The van der Waals surface area contributed by atoms with Crippen LogP contribution in [0.4, 0.5) is 11.8 Å². The summed E-state index contributed by atoms with van der Waals surface area (Å²) in [6.45, 7) is 1.55. The van der Waals surface area contributed by atoms with Gasteiger partial charge in [0.25, 0.3) is 0 Å². The van der Waals surface area contributed by atoms with Crippen LogP contribution in [-0.2, 0) is 16.2 Å². The minimum Gasteiger partial charge on any atom is -0.390 e.